The summed E-state index contributed by atoms with van der Waals surface area (Å²) in [5.74, 6) is 0. The molecule has 0 fully saturated rings. The maximum Gasteiger partial charge on any atom is 0.0582 e. The minimum Gasteiger partial charge on any atom is -0.395 e. The van der Waals surface area contributed by atoms with E-state index in [0.29, 0.717) is 0 Å². The van der Waals surface area contributed by atoms with E-state index in [1.807, 2.05) is 13.0 Å². The van der Waals surface area contributed by atoms with Gasteiger partial charge in [0, 0.05) is 17.5 Å². The summed E-state index contributed by atoms with van der Waals surface area (Å²) in [5.41, 5.74) is 2.52. The minimum absolute atomic E-state index is 0.150. The van der Waals surface area contributed by atoms with Crippen LogP contribution in [0.5, 0.6) is 0 Å². The molecule has 0 spiro atoms. The Morgan fingerprint density at radius 2 is 2.00 bits per heavy atom. The largest absolute Gasteiger partial charge is 0.395 e. The van der Waals surface area contributed by atoms with Gasteiger partial charge in [-0.05, 0) is 29.5 Å². The molecule has 0 saturated heterocycles. The van der Waals surface area contributed by atoms with E-state index in [-0.39, 0.29) is 12.6 Å². The number of aliphatic hydroxyl groups excluding tert-OH is 1. The minimum atomic E-state index is 0.150. The lowest BCUT2D eigenvalue weighted by Gasteiger charge is -2.08. The van der Waals surface area contributed by atoms with Crippen molar-refractivity contribution in [1.82, 2.24) is 5.32 Å². The van der Waals surface area contributed by atoms with Crippen molar-refractivity contribution in [3.8, 4) is 11.1 Å². The highest BCUT2D eigenvalue weighted by molar-refractivity contribution is 7.10. The Morgan fingerprint density at radius 3 is 2.71 bits per heavy atom. The van der Waals surface area contributed by atoms with E-state index in [1.165, 1.54) is 16.0 Å². The summed E-state index contributed by atoms with van der Waals surface area (Å²) in [6, 6.07) is 12.7. The third-order valence-corrected chi connectivity index (χ3v) is 3.60. The quantitative estimate of drug-likeness (QED) is 0.851. The van der Waals surface area contributed by atoms with Gasteiger partial charge in [-0.2, -0.15) is 0 Å². The van der Waals surface area contributed by atoms with Crippen LogP contribution in [0.1, 0.15) is 11.8 Å². The normalized spacial score (nSPS) is 12.6. The van der Waals surface area contributed by atoms with Crippen molar-refractivity contribution in [3.63, 3.8) is 0 Å². The Hall–Kier alpha value is -1.16. The van der Waals surface area contributed by atoms with Crippen molar-refractivity contribution < 1.29 is 5.11 Å². The van der Waals surface area contributed by atoms with Crippen molar-refractivity contribution in [1.29, 1.82) is 0 Å². The van der Waals surface area contributed by atoms with Crippen LogP contribution in [0.25, 0.3) is 11.1 Å². The molecule has 0 saturated carbocycles. The zero-order valence-electron chi connectivity index (χ0n) is 9.89. The Labute approximate surface area is 106 Å². The summed E-state index contributed by atoms with van der Waals surface area (Å²) in [5, 5.41) is 14.4. The third kappa shape index (κ3) is 3.40. The molecule has 1 heterocycles. The fourth-order valence-corrected chi connectivity index (χ4v) is 2.44. The Kier molecular flexibility index (Phi) is 4.31. The highest BCUT2D eigenvalue weighted by atomic mass is 32.1. The van der Waals surface area contributed by atoms with Crippen molar-refractivity contribution in [3.05, 3.63) is 46.7 Å². The standard InChI is InChI=1S/C14H17NOS/c1-11(9-16)15-8-14-7-13(10-17-14)12-5-3-2-4-6-12/h2-7,10-11,15-16H,8-9H2,1H3/t11-/m1/s1. The molecule has 3 heteroatoms. The van der Waals surface area contributed by atoms with Crippen LogP contribution in [-0.2, 0) is 6.54 Å². The SMILES string of the molecule is C[C@H](CO)NCc1cc(-c2ccccc2)cs1. The van der Waals surface area contributed by atoms with Crippen molar-refractivity contribution in [2.45, 2.75) is 19.5 Å². The van der Waals surface area contributed by atoms with Crippen LogP contribution < -0.4 is 5.32 Å². The van der Waals surface area contributed by atoms with Crippen molar-refractivity contribution >= 4 is 11.3 Å². The van der Waals surface area contributed by atoms with Gasteiger partial charge in [0.05, 0.1) is 6.61 Å². The third-order valence-electron chi connectivity index (χ3n) is 2.66. The molecule has 0 amide bonds. The fraction of sp³-hybridized carbons (Fsp3) is 0.286. The van der Waals surface area contributed by atoms with Gasteiger partial charge in [0.25, 0.3) is 0 Å². The Morgan fingerprint density at radius 1 is 1.24 bits per heavy atom. The summed E-state index contributed by atoms with van der Waals surface area (Å²) >= 11 is 1.75. The predicted molar refractivity (Wildman–Crippen MR) is 73.1 cm³/mol. The molecule has 1 aromatic carbocycles. The van der Waals surface area contributed by atoms with Crippen LogP contribution in [0.2, 0.25) is 0 Å². The Bertz CT molecular complexity index is 452. The van der Waals surface area contributed by atoms with E-state index >= 15 is 0 Å². The molecule has 0 aliphatic heterocycles. The molecule has 2 aromatic rings. The molecule has 2 rings (SSSR count). The number of thiophene rings is 1. The first-order chi connectivity index (χ1) is 8.29. The molecule has 1 aromatic heterocycles. The van der Waals surface area contributed by atoms with Crippen LogP contribution in [0.4, 0.5) is 0 Å². The van der Waals surface area contributed by atoms with Gasteiger partial charge in [-0.15, -0.1) is 11.3 Å². The summed E-state index contributed by atoms with van der Waals surface area (Å²) in [6.07, 6.45) is 0. The fourth-order valence-electron chi connectivity index (χ4n) is 1.59. The van der Waals surface area contributed by atoms with E-state index in [0.717, 1.165) is 6.54 Å². The zero-order chi connectivity index (χ0) is 12.1. The summed E-state index contributed by atoms with van der Waals surface area (Å²) in [4.78, 5) is 1.30. The molecule has 0 aliphatic rings. The molecule has 2 nitrogen and oxygen atoms in total. The molecule has 0 radical (unpaired) electrons. The maximum atomic E-state index is 8.94. The van der Waals surface area contributed by atoms with Gasteiger partial charge < -0.3 is 10.4 Å². The predicted octanol–water partition coefficient (Wildman–Crippen LogP) is 2.89. The molecular formula is C14H17NOS. The van der Waals surface area contributed by atoms with Crippen LogP contribution in [-0.4, -0.2) is 17.8 Å². The lowest BCUT2D eigenvalue weighted by Crippen LogP contribution is -2.28. The second-order valence-electron chi connectivity index (χ2n) is 4.13. The smallest absolute Gasteiger partial charge is 0.0582 e. The lowest BCUT2D eigenvalue weighted by atomic mass is 10.1. The number of hydrogen-bond acceptors (Lipinski definition) is 3. The van der Waals surface area contributed by atoms with Gasteiger partial charge in [-0.25, -0.2) is 0 Å². The van der Waals surface area contributed by atoms with Gasteiger partial charge in [-0.1, -0.05) is 30.3 Å². The molecule has 0 unspecified atom stereocenters. The molecule has 1 atom stereocenters. The molecular weight excluding hydrogens is 230 g/mol. The number of nitrogens with one attached hydrogen (secondary N) is 1. The average Bonchev–Trinajstić information content (AvgIpc) is 2.86. The van der Waals surface area contributed by atoms with E-state index in [2.05, 4.69) is 41.0 Å². The van der Waals surface area contributed by atoms with Gasteiger partial charge in [0.1, 0.15) is 0 Å². The van der Waals surface area contributed by atoms with Gasteiger partial charge in [0.15, 0.2) is 0 Å². The van der Waals surface area contributed by atoms with E-state index in [1.54, 1.807) is 11.3 Å². The highest BCUT2D eigenvalue weighted by Crippen LogP contribution is 2.25. The van der Waals surface area contributed by atoms with Crippen LogP contribution in [0.15, 0.2) is 41.8 Å². The number of rotatable bonds is 5. The zero-order valence-corrected chi connectivity index (χ0v) is 10.7. The molecule has 90 valence electrons. The number of benzene rings is 1. The number of aliphatic hydroxyl groups is 1. The second-order valence-corrected chi connectivity index (χ2v) is 5.13. The molecule has 0 aliphatic carbocycles. The maximum absolute atomic E-state index is 8.94. The van der Waals surface area contributed by atoms with Crippen LogP contribution in [0.3, 0.4) is 0 Å². The van der Waals surface area contributed by atoms with Crippen molar-refractivity contribution in [2.24, 2.45) is 0 Å². The van der Waals surface area contributed by atoms with E-state index in [9.17, 15) is 0 Å². The number of hydrogen-bond donors (Lipinski definition) is 2. The molecule has 17 heavy (non-hydrogen) atoms. The monoisotopic (exact) mass is 247 g/mol. The Balaban J connectivity index is 2.01. The van der Waals surface area contributed by atoms with Crippen molar-refractivity contribution in [2.75, 3.05) is 6.61 Å². The van der Waals surface area contributed by atoms with E-state index in [4.69, 9.17) is 5.11 Å². The first kappa shape index (κ1) is 12.3. The summed E-state index contributed by atoms with van der Waals surface area (Å²) in [7, 11) is 0. The van der Waals surface area contributed by atoms with Gasteiger partial charge >= 0.3 is 0 Å². The first-order valence-corrected chi connectivity index (χ1v) is 6.64. The van der Waals surface area contributed by atoms with Gasteiger partial charge in [-0.3, -0.25) is 0 Å². The average molecular weight is 247 g/mol. The summed E-state index contributed by atoms with van der Waals surface area (Å²) in [6.45, 7) is 2.97. The highest BCUT2D eigenvalue weighted by Gasteiger charge is 2.03. The van der Waals surface area contributed by atoms with E-state index < -0.39 is 0 Å². The second kappa shape index (κ2) is 5.96. The molecule has 0 bridgehead atoms. The van der Waals surface area contributed by atoms with Gasteiger partial charge in [0.2, 0.25) is 0 Å². The first-order valence-electron chi connectivity index (χ1n) is 5.76. The van der Waals surface area contributed by atoms with Crippen LogP contribution >= 0.6 is 11.3 Å². The lowest BCUT2D eigenvalue weighted by molar-refractivity contribution is 0.251. The van der Waals surface area contributed by atoms with Crippen LogP contribution in [0, 0.1) is 0 Å². The topological polar surface area (TPSA) is 32.3 Å². The summed E-state index contributed by atoms with van der Waals surface area (Å²) < 4.78 is 0. The molecule has 2 N–H and O–H groups in total.